The molecule has 0 spiro atoms. The summed E-state index contributed by atoms with van der Waals surface area (Å²) < 4.78 is 1.78. The Bertz CT molecular complexity index is 1060. The third-order valence-corrected chi connectivity index (χ3v) is 7.11. The van der Waals surface area contributed by atoms with Crippen LogP contribution < -0.4 is 5.43 Å². The first-order valence-corrected chi connectivity index (χ1v) is 10.0. The Morgan fingerprint density at radius 2 is 2.10 bits per heavy atom. The molecule has 1 fully saturated rings. The summed E-state index contributed by atoms with van der Waals surface area (Å²) in [5.41, 5.74) is 5.84. The molecule has 1 aliphatic carbocycles. The van der Waals surface area contributed by atoms with Crippen molar-refractivity contribution in [3.8, 4) is 0 Å². The van der Waals surface area contributed by atoms with Crippen molar-refractivity contribution < 1.29 is 4.79 Å². The van der Waals surface area contributed by atoms with Gasteiger partial charge in [0.2, 0.25) is 5.91 Å². The quantitative estimate of drug-likeness (QED) is 0.525. The van der Waals surface area contributed by atoms with Gasteiger partial charge in [0.05, 0.1) is 28.9 Å². The molecule has 0 aliphatic heterocycles. The summed E-state index contributed by atoms with van der Waals surface area (Å²) in [5.74, 6) is 1.08. The van der Waals surface area contributed by atoms with Crippen molar-refractivity contribution in [2.75, 3.05) is 0 Å². The number of fused-ring (bicyclic) bond motifs is 1. The number of hydrogen-bond acceptors (Lipinski definition) is 4. The lowest BCUT2D eigenvalue weighted by Gasteiger charge is -2.39. The average molecular weight is 393 g/mol. The fourth-order valence-electron chi connectivity index (χ4n) is 4.45. The number of nitrogens with one attached hydrogen (secondary N) is 2. The van der Waals surface area contributed by atoms with Crippen molar-refractivity contribution in [3.63, 3.8) is 0 Å². The highest BCUT2D eigenvalue weighted by molar-refractivity contribution is 5.86. The highest BCUT2D eigenvalue weighted by Crippen LogP contribution is 2.59. The number of aromatic nitrogens is 4. The standard InChI is InChI=1S/C22H28N6O/c1-14-15(13-24-28(14)5)12-23-27-20(29)22(4)11-10-16(21(22,2)3)19-25-17-8-6-7-9-18(17)26-19/h6-9,12-13,16H,10-11H2,1-5H3,(H,25,26)(H,27,29)/b23-12-/t16-,22-/m1/s1. The zero-order valence-corrected chi connectivity index (χ0v) is 17.7. The maximum Gasteiger partial charge on any atom is 0.246 e. The van der Waals surface area contributed by atoms with Crippen LogP contribution in [0.5, 0.6) is 0 Å². The number of aryl methyl sites for hydroxylation is 1. The van der Waals surface area contributed by atoms with Crippen LogP contribution in [-0.4, -0.2) is 31.9 Å². The number of carbonyl (C=O) groups is 1. The normalized spacial score (nSPS) is 23.8. The van der Waals surface area contributed by atoms with Crippen molar-refractivity contribution in [1.29, 1.82) is 0 Å². The summed E-state index contributed by atoms with van der Waals surface area (Å²) >= 11 is 0. The molecular formula is C22H28N6O. The molecule has 7 nitrogen and oxygen atoms in total. The molecule has 0 bridgehead atoms. The van der Waals surface area contributed by atoms with Crippen molar-refractivity contribution in [2.45, 2.75) is 46.5 Å². The van der Waals surface area contributed by atoms with Gasteiger partial charge in [-0.3, -0.25) is 9.48 Å². The van der Waals surface area contributed by atoms with Gasteiger partial charge in [0.15, 0.2) is 0 Å². The Hall–Kier alpha value is -2.96. The molecule has 2 heterocycles. The molecule has 1 aliphatic rings. The lowest BCUT2D eigenvalue weighted by atomic mass is 9.65. The molecular weight excluding hydrogens is 364 g/mol. The molecule has 1 amide bonds. The van der Waals surface area contributed by atoms with Crippen molar-refractivity contribution in [3.05, 3.63) is 47.5 Å². The van der Waals surface area contributed by atoms with E-state index in [0.717, 1.165) is 41.0 Å². The van der Waals surface area contributed by atoms with Gasteiger partial charge in [-0.2, -0.15) is 10.2 Å². The van der Waals surface area contributed by atoms with Crippen LogP contribution in [0.2, 0.25) is 0 Å². The number of amides is 1. The first-order chi connectivity index (χ1) is 13.7. The molecule has 29 heavy (non-hydrogen) atoms. The smallest absolute Gasteiger partial charge is 0.246 e. The van der Waals surface area contributed by atoms with Crippen LogP contribution in [0, 0.1) is 17.8 Å². The average Bonchev–Trinajstić information content (AvgIpc) is 3.32. The fraction of sp³-hybridized carbons (Fsp3) is 0.455. The number of hydrazone groups is 1. The number of imidazole rings is 1. The zero-order valence-electron chi connectivity index (χ0n) is 17.7. The molecule has 1 saturated carbocycles. The van der Waals surface area contributed by atoms with Crippen LogP contribution in [0.15, 0.2) is 35.6 Å². The van der Waals surface area contributed by atoms with E-state index in [-0.39, 0.29) is 17.2 Å². The van der Waals surface area contributed by atoms with Gasteiger partial charge in [-0.25, -0.2) is 10.4 Å². The van der Waals surface area contributed by atoms with Crippen LogP contribution in [0.4, 0.5) is 0 Å². The number of nitrogens with zero attached hydrogens (tertiary/aromatic N) is 4. The number of carbonyl (C=O) groups excluding carboxylic acids is 1. The summed E-state index contributed by atoms with van der Waals surface area (Å²) in [4.78, 5) is 21.4. The van der Waals surface area contributed by atoms with E-state index in [1.165, 1.54) is 0 Å². The van der Waals surface area contributed by atoms with E-state index in [0.29, 0.717) is 0 Å². The van der Waals surface area contributed by atoms with Gasteiger partial charge >= 0.3 is 0 Å². The van der Waals surface area contributed by atoms with Crippen LogP contribution in [0.3, 0.4) is 0 Å². The fourth-order valence-corrected chi connectivity index (χ4v) is 4.45. The minimum absolute atomic E-state index is 0.0566. The Kier molecular flexibility index (Phi) is 4.56. The van der Waals surface area contributed by atoms with Gasteiger partial charge in [-0.1, -0.05) is 32.9 Å². The largest absolute Gasteiger partial charge is 0.342 e. The van der Waals surface area contributed by atoms with Gasteiger partial charge in [0.1, 0.15) is 5.82 Å². The van der Waals surface area contributed by atoms with Gasteiger partial charge in [0.25, 0.3) is 0 Å². The summed E-state index contributed by atoms with van der Waals surface area (Å²) in [5, 5.41) is 8.39. The molecule has 2 atom stereocenters. The number of para-hydroxylation sites is 2. The first kappa shape index (κ1) is 19.4. The van der Waals surface area contributed by atoms with Crippen LogP contribution >= 0.6 is 0 Å². The molecule has 4 rings (SSSR count). The van der Waals surface area contributed by atoms with E-state index in [1.807, 2.05) is 45.2 Å². The van der Waals surface area contributed by atoms with Crippen LogP contribution in [-0.2, 0) is 11.8 Å². The van der Waals surface area contributed by atoms with E-state index in [4.69, 9.17) is 4.98 Å². The van der Waals surface area contributed by atoms with Gasteiger partial charge in [-0.15, -0.1) is 0 Å². The SMILES string of the molecule is Cc1c(/C=N\NC(=O)[C@@]2(C)CC[C@H](c3nc4ccccc4[nH]3)C2(C)C)cnn1C. The van der Waals surface area contributed by atoms with Crippen molar-refractivity contribution in [1.82, 2.24) is 25.2 Å². The van der Waals surface area contributed by atoms with E-state index in [1.54, 1.807) is 17.1 Å². The minimum atomic E-state index is -0.544. The molecule has 3 aromatic rings. The predicted molar refractivity (Wildman–Crippen MR) is 114 cm³/mol. The Balaban J connectivity index is 1.54. The summed E-state index contributed by atoms with van der Waals surface area (Å²) in [6.07, 6.45) is 5.09. The number of aromatic amines is 1. The van der Waals surface area contributed by atoms with Gasteiger partial charge < -0.3 is 4.98 Å². The Morgan fingerprint density at radius 3 is 2.79 bits per heavy atom. The maximum atomic E-state index is 13.1. The van der Waals surface area contributed by atoms with E-state index in [9.17, 15) is 4.79 Å². The second-order valence-electron chi connectivity index (χ2n) is 8.79. The van der Waals surface area contributed by atoms with Gasteiger partial charge in [-0.05, 0) is 37.3 Å². The number of rotatable bonds is 4. The molecule has 0 saturated heterocycles. The number of benzene rings is 1. The predicted octanol–water partition coefficient (Wildman–Crippen LogP) is 3.67. The van der Waals surface area contributed by atoms with Gasteiger partial charge in [0, 0.05) is 24.2 Å². The second-order valence-corrected chi connectivity index (χ2v) is 8.79. The third-order valence-electron chi connectivity index (χ3n) is 7.11. The molecule has 0 unspecified atom stereocenters. The van der Waals surface area contributed by atoms with Crippen LogP contribution in [0.1, 0.15) is 56.6 Å². The molecule has 0 radical (unpaired) electrons. The molecule has 2 aromatic heterocycles. The monoisotopic (exact) mass is 392 g/mol. The van der Waals surface area contributed by atoms with E-state index in [2.05, 4.69) is 34.5 Å². The lowest BCUT2D eigenvalue weighted by Crippen LogP contribution is -2.45. The summed E-state index contributed by atoms with van der Waals surface area (Å²) in [6, 6.07) is 8.04. The van der Waals surface area contributed by atoms with Crippen molar-refractivity contribution in [2.24, 2.45) is 23.0 Å². The van der Waals surface area contributed by atoms with E-state index < -0.39 is 5.41 Å². The molecule has 1 aromatic carbocycles. The lowest BCUT2D eigenvalue weighted by molar-refractivity contribution is -0.135. The number of hydrogen-bond donors (Lipinski definition) is 2. The second kappa shape index (κ2) is 6.83. The number of H-pyrrole nitrogens is 1. The molecule has 7 heteroatoms. The Labute approximate surface area is 170 Å². The molecule has 2 N–H and O–H groups in total. The highest BCUT2D eigenvalue weighted by atomic mass is 16.2. The molecule has 152 valence electrons. The minimum Gasteiger partial charge on any atom is -0.342 e. The summed E-state index contributed by atoms with van der Waals surface area (Å²) in [6.45, 7) is 8.32. The van der Waals surface area contributed by atoms with Crippen LogP contribution in [0.25, 0.3) is 11.0 Å². The highest BCUT2D eigenvalue weighted by Gasteiger charge is 2.57. The first-order valence-electron chi connectivity index (χ1n) is 10.0. The zero-order chi connectivity index (χ0) is 20.8. The Morgan fingerprint density at radius 1 is 1.34 bits per heavy atom. The maximum absolute atomic E-state index is 13.1. The summed E-state index contributed by atoms with van der Waals surface area (Å²) in [7, 11) is 1.88. The topological polar surface area (TPSA) is 88.0 Å². The third kappa shape index (κ3) is 3.05. The van der Waals surface area contributed by atoms with E-state index >= 15 is 0 Å². The van der Waals surface area contributed by atoms with Crippen molar-refractivity contribution >= 4 is 23.2 Å².